The maximum Gasteiger partial charge on any atom is 0.410 e. The van der Waals surface area contributed by atoms with Gasteiger partial charge in [-0.05, 0) is 92.4 Å². The van der Waals surface area contributed by atoms with Gasteiger partial charge in [0.1, 0.15) is 17.8 Å². The van der Waals surface area contributed by atoms with Gasteiger partial charge in [-0.25, -0.2) is 9.18 Å². The Morgan fingerprint density at radius 2 is 1.83 bits per heavy atom. The summed E-state index contributed by atoms with van der Waals surface area (Å²) in [6.45, 7) is 6.48. The number of ether oxygens (including phenoxy) is 1. The highest BCUT2D eigenvalue weighted by molar-refractivity contribution is 9.10. The molecule has 0 unspecified atom stereocenters. The summed E-state index contributed by atoms with van der Waals surface area (Å²) in [7, 11) is 0. The van der Waals surface area contributed by atoms with Gasteiger partial charge < -0.3 is 19.5 Å². The number of amides is 2. The number of halogens is 2. The molecule has 1 spiro atoms. The number of alkyl halides is 1. The third-order valence-electron chi connectivity index (χ3n) is 9.09. The Hall–Kier alpha value is -3.28. The summed E-state index contributed by atoms with van der Waals surface area (Å²) in [6.07, 6.45) is 2.94. The summed E-state index contributed by atoms with van der Waals surface area (Å²) in [5, 5.41) is 7.23. The molecule has 3 fully saturated rings. The summed E-state index contributed by atoms with van der Waals surface area (Å²) >= 11 is 3.31. The topological polar surface area (TPSA) is 111 Å². The number of likely N-dealkylation sites (tertiary alicyclic amines) is 1. The van der Waals surface area contributed by atoms with Crippen LogP contribution in [0.4, 0.5) is 14.9 Å². The highest BCUT2D eigenvalue weighted by atomic mass is 79.9. The van der Waals surface area contributed by atoms with Crippen LogP contribution in [0.2, 0.25) is 0 Å². The molecular weight excluding hydrogens is 595 g/mol. The van der Waals surface area contributed by atoms with Crippen LogP contribution in [0.5, 0.6) is 0 Å². The number of fused-ring (bicyclic) bond motifs is 6. The van der Waals surface area contributed by atoms with E-state index in [1.807, 2.05) is 25.3 Å². The second kappa shape index (κ2) is 8.86. The lowest BCUT2D eigenvalue weighted by molar-refractivity contribution is -0.116. The molecule has 41 heavy (non-hydrogen) atoms. The standard InChI is InChI=1S/C29H32BrFN6O4/c1-27(2,3)41-26(40)35-12-10-28(11-13-35)19-14-18(19)22-21(28)23(39)37-25(33-24(30)34-37)36(22)15-20(38)32-17-6-4-16(5-7-17)29(31)8-9-29/h4-7,18-19H,8-15H2,1-3H3,(H,32,38)/t18-,19+/m0/s1. The molecule has 4 aliphatic rings. The van der Waals surface area contributed by atoms with E-state index < -0.39 is 11.3 Å². The molecule has 2 aromatic heterocycles. The maximum atomic E-state index is 14.4. The van der Waals surface area contributed by atoms with Crippen LogP contribution in [-0.4, -0.2) is 54.8 Å². The molecule has 1 saturated heterocycles. The lowest BCUT2D eigenvalue weighted by Gasteiger charge is -2.41. The lowest BCUT2D eigenvalue weighted by Crippen LogP contribution is -2.49. The van der Waals surface area contributed by atoms with Crippen LogP contribution in [-0.2, 0) is 27.2 Å². The molecule has 3 aromatic rings. The van der Waals surface area contributed by atoms with E-state index in [2.05, 4.69) is 31.3 Å². The Kier molecular flexibility index (Phi) is 5.75. The molecule has 12 heteroatoms. The number of hydrogen-bond acceptors (Lipinski definition) is 6. The fourth-order valence-electron chi connectivity index (χ4n) is 6.98. The average molecular weight is 628 g/mol. The highest BCUT2D eigenvalue weighted by Crippen LogP contribution is 2.67. The van der Waals surface area contributed by atoms with Gasteiger partial charge in [-0.1, -0.05) is 12.1 Å². The minimum Gasteiger partial charge on any atom is -0.444 e. The van der Waals surface area contributed by atoms with Crippen molar-refractivity contribution in [1.82, 2.24) is 24.1 Å². The second-order valence-corrected chi connectivity index (χ2v) is 13.6. The van der Waals surface area contributed by atoms with Crippen molar-refractivity contribution in [3.05, 3.63) is 56.2 Å². The monoisotopic (exact) mass is 626 g/mol. The van der Waals surface area contributed by atoms with E-state index >= 15 is 0 Å². The van der Waals surface area contributed by atoms with E-state index in [1.54, 1.807) is 29.2 Å². The Bertz CT molecular complexity index is 1650. The average Bonchev–Trinajstić information content (AvgIpc) is 3.81. The lowest BCUT2D eigenvalue weighted by atomic mass is 9.71. The summed E-state index contributed by atoms with van der Waals surface area (Å²) in [5.74, 6) is 0.466. The van der Waals surface area contributed by atoms with Crippen LogP contribution in [0.25, 0.3) is 5.78 Å². The number of benzene rings is 1. The maximum absolute atomic E-state index is 14.4. The van der Waals surface area contributed by atoms with Crippen LogP contribution >= 0.6 is 15.9 Å². The first-order valence-electron chi connectivity index (χ1n) is 14.2. The molecular formula is C29H32BrFN6O4. The van der Waals surface area contributed by atoms with Gasteiger partial charge in [-0.3, -0.25) is 9.59 Å². The number of aromatic nitrogens is 4. The largest absolute Gasteiger partial charge is 0.444 e. The molecule has 1 N–H and O–H groups in total. The van der Waals surface area contributed by atoms with E-state index in [0.717, 1.165) is 12.1 Å². The van der Waals surface area contributed by atoms with E-state index in [4.69, 9.17) is 4.74 Å². The number of piperidine rings is 1. The van der Waals surface area contributed by atoms with Crippen molar-refractivity contribution in [2.24, 2.45) is 5.92 Å². The summed E-state index contributed by atoms with van der Waals surface area (Å²) in [6, 6.07) is 6.87. The Morgan fingerprint density at radius 3 is 2.46 bits per heavy atom. The van der Waals surface area contributed by atoms with Gasteiger partial charge in [0.15, 0.2) is 0 Å². The summed E-state index contributed by atoms with van der Waals surface area (Å²) in [5.41, 5.74) is 0.356. The number of hydrogen-bond donors (Lipinski definition) is 1. The Morgan fingerprint density at radius 1 is 1.15 bits per heavy atom. The molecule has 2 amide bonds. The van der Waals surface area contributed by atoms with Gasteiger partial charge in [0.25, 0.3) is 5.56 Å². The van der Waals surface area contributed by atoms with Crippen LogP contribution in [0.3, 0.4) is 0 Å². The Balaban J connectivity index is 1.19. The smallest absolute Gasteiger partial charge is 0.410 e. The number of rotatable bonds is 4. The molecule has 0 radical (unpaired) electrons. The third-order valence-corrected chi connectivity index (χ3v) is 9.43. The number of nitrogens with zero attached hydrogens (tertiary/aromatic N) is 5. The minimum absolute atomic E-state index is 0.0462. The van der Waals surface area contributed by atoms with Crippen molar-refractivity contribution in [1.29, 1.82) is 0 Å². The van der Waals surface area contributed by atoms with Crippen LogP contribution in [0, 0.1) is 5.92 Å². The van der Waals surface area contributed by atoms with Gasteiger partial charge in [-0.2, -0.15) is 9.50 Å². The molecule has 216 valence electrons. The molecule has 1 aromatic carbocycles. The SMILES string of the molecule is CC(C)(C)OC(=O)N1CCC2(CC1)c1c(n(CC(=O)Nc3ccc(C4(F)CC4)cc3)c3nc(Br)nn3c1=O)[C@H]1C[C@H]12. The quantitative estimate of drug-likeness (QED) is 0.452. The first-order chi connectivity index (χ1) is 19.4. The Labute approximate surface area is 244 Å². The van der Waals surface area contributed by atoms with Gasteiger partial charge in [0, 0.05) is 41.4 Å². The second-order valence-electron chi connectivity index (χ2n) is 12.9. The summed E-state index contributed by atoms with van der Waals surface area (Å²) < 4.78 is 23.4. The minimum atomic E-state index is -1.23. The third kappa shape index (κ3) is 4.36. The highest BCUT2D eigenvalue weighted by Gasteiger charge is 2.64. The van der Waals surface area contributed by atoms with Crippen molar-refractivity contribution < 1.29 is 18.7 Å². The first kappa shape index (κ1) is 26.6. The number of carbonyl (C=O) groups excluding carboxylic acids is 2. The normalized spacial score (nSPS) is 23.3. The van der Waals surface area contributed by atoms with Gasteiger partial charge >= 0.3 is 6.09 Å². The number of anilines is 1. The molecule has 7 rings (SSSR count). The zero-order valence-corrected chi connectivity index (χ0v) is 24.8. The van der Waals surface area contributed by atoms with Gasteiger partial charge in [0.05, 0.1) is 0 Å². The predicted octanol–water partition coefficient (Wildman–Crippen LogP) is 4.64. The molecule has 0 bridgehead atoms. The van der Waals surface area contributed by atoms with Crippen LogP contribution in [0.15, 0.2) is 33.8 Å². The van der Waals surface area contributed by atoms with Crippen molar-refractivity contribution in [3.8, 4) is 0 Å². The van der Waals surface area contributed by atoms with E-state index in [0.29, 0.717) is 61.4 Å². The molecule has 3 heterocycles. The first-order valence-corrected chi connectivity index (χ1v) is 14.9. The van der Waals surface area contributed by atoms with E-state index in [-0.39, 0.29) is 46.1 Å². The van der Waals surface area contributed by atoms with E-state index in [1.165, 1.54) is 4.52 Å². The fraction of sp³-hybridized carbons (Fsp3) is 0.552. The van der Waals surface area contributed by atoms with E-state index in [9.17, 15) is 18.8 Å². The van der Waals surface area contributed by atoms with Crippen LogP contribution < -0.4 is 10.9 Å². The summed E-state index contributed by atoms with van der Waals surface area (Å²) in [4.78, 5) is 46.2. The van der Waals surface area contributed by atoms with Gasteiger partial charge in [0.2, 0.25) is 16.4 Å². The zero-order valence-electron chi connectivity index (χ0n) is 23.2. The zero-order chi connectivity index (χ0) is 28.9. The van der Waals surface area contributed by atoms with Crippen molar-refractivity contribution >= 4 is 39.4 Å². The van der Waals surface area contributed by atoms with Crippen molar-refractivity contribution in [2.75, 3.05) is 18.4 Å². The molecule has 2 saturated carbocycles. The van der Waals surface area contributed by atoms with Gasteiger partial charge in [-0.15, -0.1) is 5.10 Å². The number of carbonyl (C=O) groups is 2. The molecule has 10 nitrogen and oxygen atoms in total. The molecule has 1 aliphatic heterocycles. The fourth-order valence-corrected chi connectivity index (χ4v) is 7.30. The van der Waals surface area contributed by atoms with Crippen molar-refractivity contribution in [3.63, 3.8) is 0 Å². The predicted molar refractivity (Wildman–Crippen MR) is 152 cm³/mol. The molecule has 3 aliphatic carbocycles. The number of nitrogens with one attached hydrogen (secondary N) is 1. The van der Waals surface area contributed by atoms with Crippen LogP contribution in [0.1, 0.15) is 75.6 Å². The molecule has 2 atom stereocenters. The van der Waals surface area contributed by atoms with Crippen molar-refractivity contribution in [2.45, 2.75) is 82.0 Å².